The molecule has 0 aliphatic carbocycles. The maximum absolute atomic E-state index is 6.37. The Balaban J connectivity index is 2.18. The van der Waals surface area contributed by atoms with E-state index >= 15 is 0 Å². The van der Waals surface area contributed by atoms with Crippen LogP contribution in [-0.2, 0) is 6.42 Å². The molecule has 0 bridgehead atoms. The van der Waals surface area contributed by atoms with Gasteiger partial charge in [-0.25, -0.2) is 0 Å². The van der Waals surface area contributed by atoms with Crippen molar-refractivity contribution >= 4 is 38.9 Å². The normalized spacial score (nSPS) is 12.8. The van der Waals surface area contributed by atoms with Crippen molar-refractivity contribution < 1.29 is 0 Å². The van der Waals surface area contributed by atoms with E-state index in [0.29, 0.717) is 12.0 Å². The third-order valence-corrected chi connectivity index (χ3v) is 5.25. The maximum atomic E-state index is 6.37. The Bertz CT molecular complexity index is 553. The van der Waals surface area contributed by atoms with Crippen LogP contribution in [0.25, 0.3) is 0 Å². The van der Waals surface area contributed by atoms with Gasteiger partial charge in [-0.15, -0.1) is 11.3 Å². The van der Waals surface area contributed by atoms with Crippen molar-refractivity contribution in [2.45, 2.75) is 32.2 Å². The van der Waals surface area contributed by atoms with Gasteiger partial charge in [0, 0.05) is 38.3 Å². The highest BCUT2D eigenvalue weighted by Gasteiger charge is 2.16. The zero-order valence-electron chi connectivity index (χ0n) is 11.7. The van der Waals surface area contributed by atoms with Crippen molar-refractivity contribution in [3.8, 4) is 0 Å². The number of hydrogen-bond acceptors (Lipinski definition) is 2. The monoisotopic (exact) mass is 371 g/mol. The molecule has 1 heterocycles. The van der Waals surface area contributed by atoms with Crippen LogP contribution >= 0.6 is 38.9 Å². The molecule has 0 aliphatic rings. The summed E-state index contributed by atoms with van der Waals surface area (Å²) in [6.45, 7) is 5.29. The van der Waals surface area contributed by atoms with E-state index in [1.54, 1.807) is 11.3 Å². The number of halogens is 2. The summed E-state index contributed by atoms with van der Waals surface area (Å²) in [5.41, 5.74) is 1.23. The molecule has 0 radical (unpaired) electrons. The van der Waals surface area contributed by atoms with E-state index < -0.39 is 0 Å². The molecule has 2 aromatic rings. The van der Waals surface area contributed by atoms with Crippen molar-refractivity contribution in [3.63, 3.8) is 0 Å². The molecule has 0 amide bonds. The van der Waals surface area contributed by atoms with Crippen LogP contribution in [0.4, 0.5) is 0 Å². The quantitative estimate of drug-likeness (QED) is 0.707. The molecule has 1 N–H and O–H groups in total. The molecular formula is C16H19BrClNS. The lowest BCUT2D eigenvalue weighted by Crippen LogP contribution is -2.29. The topological polar surface area (TPSA) is 12.0 Å². The third kappa shape index (κ3) is 4.59. The molecule has 2 rings (SSSR count). The van der Waals surface area contributed by atoms with Crippen LogP contribution in [0.5, 0.6) is 0 Å². The fraction of sp³-hybridized carbons (Fsp3) is 0.375. The van der Waals surface area contributed by atoms with Crippen molar-refractivity contribution in [2.24, 2.45) is 0 Å². The van der Waals surface area contributed by atoms with Crippen LogP contribution in [0.2, 0.25) is 5.02 Å². The van der Waals surface area contributed by atoms with Gasteiger partial charge in [0.15, 0.2) is 0 Å². The molecule has 0 spiro atoms. The van der Waals surface area contributed by atoms with Gasteiger partial charge in [-0.1, -0.05) is 43.6 Å². The summed E-state index contributed by atoms with van der Waals surface area (Å²) in [6, 6.07) is 10.8. The first-order chi connectivity index (χ1) is 9.56. The highest BCUT2D eigenvalue weighted by atomic mass is 79.9. The second-order valence-electron chi connectivity index (χ2n) is 5.22. The number of benzene rings is 1. The third-order valence-electron chi connectivity index (χ3n) is 3.19. The summed E-state index contributed by atoms with van der Waals surface area (Å²) in [6.07, 6.45) is 1.01. The van der Waals surface area contributed by atoms with Crippen LogP contribution in [0.1, 0.15) is 30.2 Å². The molecule has 1 unspecified atom stereocenters. The molecular weight excluding hydrogens is 354 g/mol. The van der Waals surface area contributed by atoms with E-state index in [4.69, 9.17) is 11.6 Å². The minimum atomic E-state index is 0.400. The highest BCUT2D eigenvalue weighted by molar-refractivity contribution is 9.10. The lowest BCUT2D eigenvalue weighted by atomic mass is 9.94. The Morgan fingerprint density at radius 2 is 2.05 bits per heavy atom. The Morgan fingerprint density at radius 1 is 1.30 bits per heavy atom. The first kappa shape index (κ1) is 16.0. The average Bonchev–Trinajstić information content (AvgIpc) is 2.81. The van der Waals surface area contributed by atoms with Crippen molar-refractivity contribution in [2.75, 3.05) is 6.54 Å². The Hall–Kier alpha value is -0.350. The molecule has 0 fully saturated rings. The molecule has 1 nitrogen and oxygen atoms in total. The van der Waals surface area contributed by atoms with Crippen LogP contribution in [0.3, 0.4) is 0 Å². The number of rotatable bonds is 6. The Morgan fingerprint density at radius 3 is 2.65 bits per heavy atom. The maximum Gasteiger partial charge on any atom is 0.0441 e. The fourth-order valence-electron chi connectivity index (χ4n) is 2.18. The van der Waals surface area contributed by atoms with Crippen LogP contribution in [0, 0.1) is 0 Å². The predicted molar refractivity (Wildman–Crippen MR) is 93.1 cm³/mol. The van der Waals surface area contributed by atoms with Crippen LogP contribution in [-0.4, -0.2) is 12.6 Å². The summed E-state index contributed by atoms with van der Waals surface area (Å²) >= 11 is 11.7. The van der Waals surface area contributed by atoms with Crippen LogP contribution < -0.4 is 5.32 Å². The first-order valence-electron chi connectivity index (χ1n) is 6.77. The number of nitrogens with one attached hydrogen (secondary N) is 1. The lowest BCUT2D eigenvalue weighted by Gasteiger charge is -2.20. The van der Waals surface area contributed by atoms with Gasteiger partial charge in [0.05, 0.1) is 0 Å². The van der Waals surface area contributed by atoms with Crippen molar-refractivity contribution in [3.05, 3.63) is 55.6 Å². The predicted octanol–water partition coefficient (Wildman–Crippen LogP) is 5.49. The molecule has 0 saturated heterocycles. The van der Waals surface area contributed by atoms with E-state index in [1.807, 2.05) is 12.1 Å². The minimum Gasteiger partial charge on any atom is -0.314 e. The second kappa shape index (κ2) is 7.60. The van der Waals surface area contributed by atoms with Gasteiger partial charge in [-0.05, 0) is 40.0 Å². The van der Waals surface area contributed by atoms with E-state index in [0.717, 1.165) is 22.5 Å². The van der Waals surface area contributed by atoms with E-state index in [1.165, 1.54) is 10.4 Å². The SMILES string of the molecule is CC(C)NCC(Cc1cc(Br)cs1)c1ccccc1Cl. The smallest absolute Gasteiger partial charge is 0.0441 e. The summed E-state index contributed by atoms with van der Waals surface area (Å²) in [5.74, 6) is 0.400. The molecule has 1 aromatic heterocycles. The molecule has 108 valence electrons. The van der Waals surface area contributed by atoms with Crippen molar-refractivity contribution in [1.82, 2.24) is 5.32 Å². The summed E-state index contributed by atoms with van der Waals surface area (Å²) in [5, 5.41) is 6.53. The average molecular weight is 373 g/mol. The highest BCUT2D eigenvalue weighted by Crippen LogP contribution is 2.30. The first-order valence-corrected chi connectivity index (χ1v) is 8.82. The van der Waals surface area contributed by atoms with Gasteiger partial charge >= 0.3 is 0 Å². The second-order valence-corrected chi connectivity index (χ2v) is 7.54. The Labute approximate surface area is 138 Å². The number of thiophene rings is 1. The number of hydrogen-bond donors (Lipinski definition) is 1. The van der Waals surface area contributed by atoms with Gasteiger partial charge in [-0.3, -0.25) is 0 Å². The zero-order valence-corrected chi connectivity index (χ0v) is 14.9. The molecule has 0 aliphatic heterocycles. The van der Waals surface area contributed by atoms with E-state index in [9.17, 15) is 0 Å². The lowest BCUT2D eigenvalue weighted by molar-refractivity contribution is 0.528. The van der Waals surface area contributed by atoms with Gasteiger partial charge in [0.2, 0.25) is 0 Å². The summed E-state index contributed by atoms with van der Waals surface area (Å²) < 4.78 is 1.16. The molecule has 20 heavy (non-hydrogen) atoms. The minimum absolute atomic E-state index is 0.400. The van der Waals surface area contributed by atoms with Gasteiger partial charge in [0.25, 0.3) is 0 Å². The zero-order chi connectivity index (χ0) is 14.5. The van der Waals surface area contributed by atoms with Crippen molar-refractivity contribution in [1.29, 1.82) is 0 Å². The molecule has 0 saturated carbocycles. The van der Waals surface area contributed by atoms with E-state index in [2.05, 4.69) is 58.7 Å². The van der Waals surface area contributed by atoms with Crippen LogP contribution in [0.15, 0.2) is 40.2 Å². The molecule has 1 atom stereocenters. The fourth-order valence-corrected chi connectivity index (χ4v) is 4.00. The summed E-state index contributed by atoms with van der Waals surface area (Å²) in [4.78, 5) is 1.38. The standard InChI is InChI=1S/C16H19BrClNS/c1-11(2)19-9-12(7-14-8-13(17)10-20-14)15-5-3-4-6-16(15)18/h3-6,8,10-12,19H,7,9H2,1-2H3. The van der Waals surface area contributed by atoms with Gasteiger partial charge < -0.3 is 5.32 Å². The Kier molecular flexibility index (Phi) is 6.09. The van der Waals surface area contributed by atoms with Gasteiger partial charge in [0.1, 0.15) is 0 Å². The molecule has 4 heteroatoms. The van der Waals surface area contributed by atoms with E-state index in [-0.39, 0.29) is 0 Å². The van der Waals surface area contributed by atoms with Gasteiger partial charge in [-0.2, -0.15) is 0 Å². The molecule has 1 aromatic carbocycles. The summed E-state index contributed by atoms with van der Waals surface area (Å²) in [7, 11) is 0. The largest absolute Gasteiger partial charge is 0.314 e.